The Balaban J connectivity index is 1.68. The Bertz CT molecular complexity index is 1370. The second-order valence-corrected chi connectivity index (χ2v) is 6.37. The summed E-state index contributed by atoms with van der Waals surface area (Å²) in [6.07, 6.45) is 0. The van der Waals surface area contributed by atoms with Gasteiger partial charge < -0.3 is 9.40 Å². The summed E-state index contributed by atoms with van der Waals surface area (Å²) in [5.74, 6) is 1.45. The Morgan fingerprint density at radius 3 is 2.63 bits per heavy atom. The van der Waals surface area contributed by atoms with E-state index < -0.39 is 0 Å². The minimum atomic E-state index is 0.645. The molecular formula is C21H12N4O2. The average molecular weight is 352 g/mol. The zero-order valence-electron chi connectivity index (χ0n) is 14.0. The van der Waals surface area contributed by atoms with Crippen molar-refractivity contribution in [1.29, 1.82) is 0 Å². The lowest BCUT2D eigenvalue weighted by Gasteiger charge is -2.04. The van der Waals surface area contributed by atoms with Crippen molar-refractivity contribution >= 4 is 33.0 Å². The molecule has 0 saturated heterocycles. The van der Waals surface area contributed by atoms with Gasteiger partial charge in [0.15, 0.2) is 0 Å². The summed E-state index contributed by atoms with van der Waals surface area (Å²) < 4.78 is 11.1. The van der Waals surface area contributed by atoms with Crippen LogP contribution in [0.1, 0.15) is 0 Å². The van der Waals surface area contributed by atoms with E-state index in [-0.39, 0.29) is 0 Å². The number of hydrogen-bond donors (Lipinski definition) is 1. The van der Waals surface area contributed by atoms with Crippen LogP contribution in [0.2, 0.25) is 0 Å². The summed E-state index contributed by atoms with van der Waals surface area (Å²) in [4.78, 5) is 8.12. The predicted octanol–water partition coefficient (Wildman–Crippen LogP) is 5.18. The summed E-state index contributed by atoms with van der Waals surface area (Å²) >= 11 is 0. The molecule has 1 N–H and O–H groups in total. The molecule has 0 bridgehead atoms. The van der Waals surface area contributed by atoms with E-state index in [9.17, 15) is 0 Å². The monoisotopic (exact) mass is 352 g/mol. The first-order valence-electron chi connectivity index (χ1n) is 8.56. The molecule has 0 saturated carbocycles. The topological polar surface area (TPSA) is 80.7 Å². The van der Waals surface area contributed by atoms with E-state index in [0.717, 1.165) is 39.0 Å². The minimum Gasteiger partial charge on any atom is -0.456 e. The molecule has 6 heteroatoms. The molecule has 3 aromatic carbocycles. The van der Waals surface area contributed by atoms with Crippen molar-refractivity contribution in [2.75, 3.05) is 0 Å². The lowest BCUT2D eigenvalue weighted by Crippen LogP contribution is -1.88. The number of imidazole rings is 1. The molecule has 3 heterocycles. The maximum Gasteiger partial charge on any atom is 0.146 e. The van der Waals surface area contributed by atoms with Gasteiger partial charge in [0.25, 0.3) is 0 Å². The van der Waals surface area contributed by atoms with Gasteiger partial charge in [0.05, 0.1) is 16.6 Å². The van der Waals surface area contributed by atoms with Crippen molar-refractivity contribution in [3.8, 4) is 22.7 Å². The van der Waals surface area contributed by atoms with Crippen LogP contribution < -0.4 is 0 Å². The minimum absolute atomic E-state index is 0.645. The first-order chi connectivity index (χ1) is 13.4. The van der Waals surface area contributed by atoms with E-state index in [4.69, 9.17) is 14.0 Å². The predicted molar refractivity (Wildman–Crippen MR) is 102 cm³/mol. The molecule has 0 amide bonds. The second kappa shape index (κ2) is 5.28. The van der Waals surface area contributed by atoms with Gasteiger partial charge >= 0.3 is 0 Å². The molecule has 27 heavy (non-hydrogen) atoms. The number of furan rings is 1. The Hall–Kier alpha value is -3.93. The van der Waals surface area contributed by atoms with E-state index in [0.29, 0.717) is 16.8 Å². The van der Waals surface area contributed by atoms with Crippen molar-refractivity contribution in [3.05, 3.63) is 66.7 Å². The van der Waals surface area contributed by atoms with Crippen molar-refractivity contribution < 1.29 is 9.05 Å². The first-order valence-corrected chi connectivity index (χ1v) is 8.56. The normalized spacial score (nSPS) is 11.7. The standard InChI is InChI=1S/C21H12N4O2/c1-4-8-17-12(5-1)11-18(26-17)19-13(9-10-16-20(19)25-27-24-16)21-22-14-6-2-3-7-15(14)23-21/h1-11H,(H,22,23). The molecule has 0 radical (unpaired) electrons. The highest BCUT2D eigenvalue weighted by Crippen LogP contribution is 2.38. The number of aromatic nitrogens is 4. The zero-order chi connectivity index (χ0) is 17.8. The highest BCUT2D eigenvalue weighted by atomic mass is 16.6. The number of H-pyrrole nitrogens is 1. The van der Waals surface area contributed by atoms with Gasteiger partial charge in [0.2, 0.25) is 0 Å². The van der Waals surface area contributed by atoms with Gasteiger partial charge in [-0.3, -0.25) is 0 Å². The van der Waals surface area contributed by atoms with Gasteiger partial charge in [-0.2, -0.15) is 0 Å². The average Bonchev–Trinajstić information content (AvgIpc) is 3.43. The molecule has 0 fully saturated rings. The van der Waals surface area contributed by atoms with Crippen LogP contribution in [0.15, 0.2) is 75.8 Å². The molecule has 6 rings (SSSR count). The van der Waals surface area contributed by atoms with Gasteiger partial charge in [-0.1, -0.05) is 30.3 Å². The largest absolute Gasteiger partial charge is 0.456 e. The zero-order valence-corrected chi connectivity index (χ0v) is 14.0. The fourth-order valence-electron chi connectivity index (χ4n) is 3.48. The quantitative estimate of drug-likeness (QED) is 0.464. The van der Waals surface area contributed by atoms with Gasteiger partial charge in [-0.05, 0) is 46.7 Å². The smallest absolute Gasteiger partial charge is 0.146 e. The number of aromatic amines is 1. The fraction of sp³-hybridized carbons (Fsp3) is 0. The molecule has 0 spiro atoms. The molecule has 0 aliphatic heterocycles. The number of para-hydroxylation sites is 3. The summed E-state index contributed by atoms with van der Waals surface area (Å²) in [7, 11) is 0. The number of fused-ring (bicyclic) bond motifs is 3. The van der Waals surface area contributed by atoms with E-state index >= 15 is 0 Å². The van der Waals surface area contributed by atoms with Crippen LogP contribution >= 0.6 is 0 Å². The van der Waals surface area contributed by atoms with Crippen LogP contribution in [0, 0.1) is 0 Å². The number of nitrogens with zero attached hydrogens (tertiary/aromatic N) is 3. The highest BCUT2D eigenvalue weighted by molar-refractivity contribution is 6.00. The maximum absolute atomic E-state index is 6.12. The van der Waals surface area contributed by atoms with Gasteiger partial charge in [-0.15, -0.1) is 0 Å². The van der Waals surface area contributed by atoms with Crippen molar-refractivity contribution in [2.24, 2.45) is 0 Å². The molecule has 6 aromatic rings. The van der Waals surface area contributed by atoms with E-state index in [1.54, 1.807) is 0 Å². The molecule has 0 unspecified atom stereocenters. The fourth-order valence-corrected chi connectivity index (χ4v) is 3.48. The Kier molecular flexibility index (Phi) is 2.79. The Labute approximate surface area is 152 Å². The van der Waals surface area contributed by atoms with Crippen LogP contribution in [0.4, 0.5) is 0 Å². The third-order valence-corrected chi connectivity index (χ3v) is 4.74. The van der Waals surface area contributed by atoms with Crippen molar-refractivity contribution in [2.45, 2.75) is 0 Å². The first kappa shape index (κ1) is 14.3. The van der Waals surface area contributed by atoms with Crippen LogP contribution in [0.3, 0.4) is 0 Å². The van der Waals surface area contributed by atoms with Crippen LogP contribution in [-0.2, 0) is 0 Å². The van der Waals surface area contributed by atoms with E-state index in [1.807, 2.05) is 66.7 Å². The van der Waals surface area contributed by atoms with E-state index in [2.05, 4.69) is 15.3 Å². The molecule has 6 nitrogen and oxygen atoms in total. The molecule has 0 aliphatic carbocycles. The summed E-state index contributed by atoms with van der Waals surface area (Å²) in [6, 6.07) is 21.7. The Morgan fingerprint density at radius 2 is 1.70 bits per heavy atom. The highest BCUT2D eigenvalue weighted by Gasteiger charge is 2.20. The number of benzene rings is 3. The van der Waals surface area contributed by atoms with Crippen LogP contribution in [0.5, 0.6) is 0 Å². The Morgan fingerprint density at radius 1 is 0.815 bits per heavy atom. The van der Waals surface area contributed by atoms with Crippen molar-refractivity contribution in [3.63, 3.8) is 0 Å². The molecular weight excluding hydrogens is 340 g/mol. The lowest BCUT2D eigenvalue weighted by atomic mass is 10.0. The number of hydrogen-bond acceptors (Lipinski definition) is 5. The number of rotatable bonds is 2. The van der Waals surface area contributed by atoms with E-state index in [1.165, 1.54) is 0 Å². The third kappa shape index (κ3) is 2.10. The summed E-state index contributed by atoms with van der Waals surface area (Å²) in [5.41, 5.74) is 5.70. The lowest BCUT2D eigenvalue weighted by molar-refractivity contribution is 0.315. The van der Waals surface area contributed by atoms with Crippen LogP contribution in [-0.4, -0.2) is 20.3 Å². The van der Waals surface area contributed by atoms with Crippen molar-refractivity contribution in [1.82, 2.24) is 20.3 Å². The molecule has 0 atom stereocenters. The molecule has 3 aromatic heterocycles. The summed E-state index contributed by atoms with van der Waals surface area (Å²) in [5, 5.41) is 9.12. The molecule has 128 valence electrons. The second-order valence-electron chi connectivity index (χ2n) is 6.37. The maximum atomic E-state index is 6.12. The van der Waals surface area contributed by atoms with Crippen LogP contribution in [0.25, 0.3) is 55.7 Å². The molecule has 0 aliphatic rings. The SMILES string of the molecule is c1ccc2oc(-c3c(-c4nc5ccccc5[nH]4)ccc4nonc34)cc2c1. The van der Waals surface area contributed by atoms with Gasteiger partial charge in [-0.25, -0.2) is 9.61 Å². The summed E-state index contributed by atoms with van der Waals surface area (Å²) in [6.45, 7) is 0. The van der Waals surface area contributed by atoms with Gasteiger partial charge in [0.1, 0.15) is 28.2 Å². The third-order valence-electron chi connectivity index (χ3n) is 4.74. The number of nitrogens with one attached hydrogen (secondary N) is 1. The van der Waals surface area contributed by atoms with Gasteiger partial charge in [0, 0.05) is 10.9 Å².